The van der Waals surface area contributed by atoms with Crippen LogP contribution in [0.3, 0.4) is 0 Å². The van der Waals surface area contributed by atoms with E-state index in [1.54, 1.807) is 25.3 Å². The number of nitrogens with two attached hydrogens (primary N) is 1. The summed E-state index contributed by atoms with van der Waals surface area (Å²) in [5.74, 6) is -0.0899. The summed E-state index contributed by atoms with van der Waals surface area (Å²) in [5.41, 5.74) is 11.5. The van der Waals surface area contributed by atoms with E-state index in [1.165, 1.54) is 23.0 Å². The maximum absolute atomic E-state index is 14.1. The van der Waals surface area contributed by atoms with E-state index in [0.29, 0.717) is 32.2 Å². The molecule has 8 heteroatoms. The molecule has 0 saturated heterocycles. The number of allylic oxidation sites excluding steroid dienone is 1. The van der Waals surface area contributed by atoms with Crippen molar-refractivity contribution in [1.82, 2.24) is 10.2 Å². The second-order valence-electron chi connectivity index (χ2n) is 10.4. The Hall–Kier alpha value is -4.27. The molecule has 220 valence electrons. The first-order valence-electron chi connectivity index (χ1n) is 14.3. The molecule has 0 spiro atoms. The van der Waals surface area contributed by atoms with Crippen molar-refractivity contribution in [2.45, 2.75) is 19.3 Å². The van der Waals surface area contributed by atoms with Crippen molar-refractivity contribution in [2.24, 2.45) is 5.92 Å². The predicted molar refractivity (Wildman–Crippen MR) is 167 cm³/mol. The molecule has 0 radical (unpaired) electrons. The molecule has 3 aromatic carbocycles. The van der Waals surface area contributed by atoms with Crippen molar-refractivity contribution in [3.05, 3.63) is 107 Å². The lowest BCUT2D eigenvalue weighted by Gasteiger charge is -2.31. The van der Waals surface area contributed by atoms with Gasteiger partial charge in [-0.25, -0.2) is 0 Å². The summed E-state index contributed by atoms with van der Waals surface area (Å²) >= 11 is 0. The van der Waals surface area contributed by atoms with Gasteiger partial charge in [-0.3, -0.25) is 10.2 Å². The molecule has 0 atom stereocenters. The van der Waals surface area contributed by atoms with Gasteiger partial charge in [-0.1, -0.05) is 61.0 Å². The first kappa shape index (κ1) is 30.7. The van der Waals surface area contributed by atoms with E-state index >= 15 is 0 Å². The minimum absolute atomic E-state index is 0.0635. The van der Waals surface area contributed by atoms with Crippen molar-refractivity contribution >= 4 is 28.7 Å². The average molecular weight is 571 g/mol. The zero-order valence-electron chi connectivity index (χ0n) is 24.0. The topological polar surface area (TPSA) is 112 Å². The van der Waals surface area contributed by atoms with Crippen LogP contribution in [0.2, 0.25) is 0 Å². The third-order valence-corrected chi connectivity index (χ3v) is 7.47. The van der Waals surface area contributed by atoms with Crippen LogP contribution in [0.1, 0.15) is 41.5 Å². The zero-order chi connectivity index (χ0) is 29.9. The maximum atomic E-state index is 14.1. The number of nitrogen functional groups attached to an aromatic ring is 1. The number of ether oxygens (including phenoxy) is 1. The number of likely N-dealkylation sites (N-methyl/N-ethyl adjacent to an activating group) is 1. The predicted octanol–water partition coefficient (Wildman–Crippen LogP) is 5.30. The number of anilines is 1. The Bertz CT molecular complexity index is 1420. The quantitative estimate of drug-likeness (QED) is 0.0691. The molecule has 0 heterocycles. The van der Waals surface area contributed by atoms with Crippen LogP contribution in [0, 0.1) is 11.3 Å². The van der Waals surface area contributed by atoms with Crippen LogP contribution < -0.4 is 15.8 Å². The van der Waals surface area contributed by atoms with E-state index in [-0.39, 0.29) is 23.8 Å². The van der Waals surface area contributed by atoms with Gasteiger partial charge in [0.25, 0.3) is 0 Å². The number of aliphatic hydroxyl groups excluding tert-OH is 1. The van der Waals surface area contributed by atoms with Crippen LogP contribution in [0.5, 0.6) is 5.75 Å². The summed E-state index contributed by atoms with van der Waals surface area (Å²) in [6, 6.07) is 23.5. The van der Waals surface area contributed by atoms with Crippen LogP contribution in [0.25, 0.3) is 11.1 Å². The Morgan fingerprint density at radius 2 is 1.81 bits per heavy atom. The first-order valence-corrected chi connectivity index (χ1v) is 14.3. The van der Waals surface area contributed by atoms with Crippen LogP contribution >= 0.6 is 0 Å². The largest absolute Gasteiger partial charge is 0.492 e. The average Bonchev–Trinajstić information content (AvgIpc) is 2.97. The Balaban J connectivity index is 1.51. The summed E-state index contributed by atoms with van der Waals surface area (Å²) in [6.07, 6.45) is 6.58. The molecular weight excluding hydrogens is 531 g/mol. The highest BCUT2D eigenvalue weighted by molar-refractivity contribution is 6.03. The fourth-order valence-corrected chi connectivity index (χ4v) is 4.97. The summed E-state index contributed by atoms with van der Waals surface area (Å²) in [6.45, 7) is 1.81. The van der Waals surface area contributed by atoms with Gasteiger partial charge in [0.1, 0.15) is 12.4 Å². The number of halogens is 1. The molecule has 1 aliphatic carbocycles. The number of carbonyl (C=O) groups is 1. The van der Waals surface area contributed by atoms with Crippen molar-refractivity contribution in [3.8, 4) is 5.75 Å². The molecule has 0 aliphatic heterocycles. The molecular formula is C34H39FN4O3. The lowest BCUT2D eigenvalue weighted by Crippen LogP contribution is -2.28. The van der Waals surface area contributed by atoms with Crippen LogP contribution in [0.4, 0.5) is 10.1 Å². The Labute approximate surface area is 247 Å². The summed E-state index contributed by atoms with van der Waals surface area (Å²) in [4.78, 5) is 13.3. The number of carbonyl (C=O) groups excluding carboxylic acids is 1. The molecule has 7 nitrogen and oxygen atoms in total. The lowest BCUT2D eigenvalue weighted by atomic mass is 9.73. The summed E-state index contributed by atoms with van der Waals surface area (Å²) in [7, 11) is 1.65. The molecule has 5 N–H and O–H groups in total. The molecule has 42 heavy (non-hydrogen) atoms. The maximum Gasteiger partial charge on any atom is 0.246 e. The first-order chi connectivity index (χ1) is 20.4. The number of amides is 1. The summed E-state index contributed by atoms with van der Waals surface area (Å²) in [5, 5.41) is 19.7. The number of nitrogens with zero attached hydrogens (tertiary/aromatic N) is 1. The highest BCUT2D eigenvalue weighted by Crippen LogP contribution is 2.45. The van der Waals surface area contributed by atoms with Crippen molar-refractivity contribution in [3.63, 3.8) is 0 Å². The van der Waals surface area contributed by atoms with Gasteiger partial charge in [0.15, 0.2) is 0 Å². The van der Waals surface area contributed by atoms with Gasteiger partial charge >= 0.3 is 0 Å². The van der Waals surface area contributed by atoms with Gasteiger partial charge in [0.05, 0.1) is 12.2 Å². The summed E-state index contributed by atoms with van der Waals surface area (Å²) < 4.78 is 20.0. The van der Waals surface area contributed by atoms with Gasteiger partial charge in [-0.2, -0.15) is 4.39 Å². The van der Waals surface area contributed by atoms with Gasteiger partial charge in [-0.05, 0) is 70.9 Å². The van der Waals surface area contributed by atoms with E-state index in [9.17, 15) is 9.18 Å². The molecule has 0 unspecified atom stereocenters. The second kappa shape index (κ2) is 15.1. The second-order valence-corrected chi connectivity index (χ2v) is 10.4. The minimum atomic E-state index is -1.05. The van der Waals surface area contributed by atoms with E-state index in [2.05, 4.69) is 17.4 Å². The van der Waals surface area contributed by atoms with Gasteiger partial charge in [-0.15, -0.1) is 0 Å². The van der Waals surface area contributed by atoms with E-state index < -0.39 is 5.97 Å². The number of hydrogen-bond acceptors (Lipinski definition) is 6. The molecule has 0 bridgehead atoms. The normalized spacial score (nSPS) is 13.9. The molecule has 1 aliphatic rings. The van der Waals surface area contributed by atoms with Crippen LogP contribution in [-0.4, -0.2) is 61.8 Å². The molecule has 1 amide bonds. The number of nitrogens with one attached hydrogen (secondary N) is 2. The Morgan fingerprint density at radius 1 is 1.10 bits per heavy atom. The third kappa shape index (κ3) is 7.93. The number of aliphatic hydroxyl groups is 1. The SMILES string of the molecule is CN(CCO)C(=O)/C=C/CNCCOc1ccc(/C(=C(\c2ccccc2)C2CCC2)c2ccc(N)c(C(=N)F)c2)cc1. The smallest absolute Gasteiger partial charge is 0.246 e. The lowest BCUT2D eigenvalue weighted by molar-refractivity contribution is -0.125. The molecule has 4 rings (SSSR count). The zero-order valence-corrected chi connectivity index (χ0v) is 24.0. The van der Waals surface area contributed by atoms with Crippen molar-refractivity contribution in [2.75, 3.05) is 45.6 Å². The number of rotatable bonds is 14. The van der Waals surface area contributed by atoms with E-state index in [1.807, 2.05) is 48.5 Å². The fourth-order valence-electron chi connectivity index (χ4n) is 4.97. The van der Waals surface area contributed by atoms with Gasteiger partial charge < -0.3 is 25.8 Å². The molecule has 1 saturated carbocycles. The number of hydrogen-bond donors (Lipinski definition) is 4. The highest BCUT2D eigenvalue weighted by Gasteiger charge is 2.27. The highest BCUT2D eigenvalue weighted by atomic mass is 19.1. The van der Waals surface area contributed by atoms with Crippen LogP contribution in [-0.2, 0) is 4.79 Å². The standard InChI is InChI=1S/C34H39FN4O3/c1-39(20-21-40)31(41)11-6-18-38-19-22-42-28-15-12-26(13-16-28)33(27-14-17-30(36)29(23-27)34(35)37)32(25-9-5-10-25)24-7-3-2-4-8-24/h2-4,6-8,11-17,23,25,37-38,40H,5,9-10,18-22,36H2,1H3/b11-6+,33-32-,37-34?. The third-order valence-electron chi connectivity index (χ3n) is 7.47. The monoisotopic (exact) mass is 570 g/mol. The van der Waals surface area contributed by atoms with Crippen LogP contribution in [0.15, 0.2) is 84.9 Å². The minimum Gasteiger partial charge on any atom is -0.492 e. The van der Waals surface area contributed by atoms with Crippen molar-refractivity contribution < 1.29 is 19.0 Å². The molecule has 1 fully saturated rings. The van der Waals surface area contributed by atoms with Gasteiger partial charge in [0.2, 0.25) is 11.9 Å². The number of benzene rings is 3. The Kier molecular flexibility index (Phi) is 11.0. The van der Waals surface area contributed by atoms with E-state index in [4.69, 9.17) is 21.0 Å². The molecule has 3 aromatic rings. The fraction of sp³-hybridized carbons (Fsp3) is 0.294. The van der Waals surface area contributed by atoms with Gasteiger partial charge in [0, 0.05) is 38.4 Å². The van der Waals surface area contributed by atoms with Crippen molar-refractivity contribution in [1.29, 1.82) is 5.41 Å². The molecule has 0 aromatic heterocycles. The Morgan fingerprint density at radius 3 is 2.45 bits per heavy atom. The van der Waals surface area contributed by atoms with E-state index in [0.717, 1.165) is 40.9 Å².